The van der Waals surface area contributed by atoms with E-state index < -0.39 is 5.97 Å². The van der Waals surface area contributed by atoms with Gasteiger partial charge >= 0.3 is 5.97 Å². The second-order valence-corrected chi connectivity index (χ2v) is 6.62. The summed E-state index contributed by atoms with van der Waals surface area (Å²) in [5, 5.41) is 11.4. The predicted molar refractivity (Wildman–Crippen MR) is 91.6 cm³/mol. The first-order valence-electron chi connectivity index (χ1n) is 7.71. The maximum absolute atomic E-state index is 12.0. The molecule has 8 heteroatoms. The summed E-state index contributed by atoms with van der Waals surface area (Å²) in [6, 6.07) is 13.0. The zero-order valence-corrected chi connectivity index (χ0v) is 14.4. The number of thiophene rings is 1. The van der Waals surface area contributed by atoms with Crippen LogP contribution in [0.25, 0.3) is 5.69 Å². The van der Waals surface area contributed by atoms with Gasteiger partial charge in [-0.15, -0.1) is 16.4 Å². The van der Waals surface area contributed by atoms with Gasteiger partial charge in [0.05, 0.1) is 17.0 Å². The van der Waals surface area contributed by atoms with Crippen LogP contribution in [0.4, 0.5) is 0 Å². The second-order valence-electron chi connectivity index (χ2n) is 5.34. The highest BCUT2D eigenvalue weighted by molar-refractivity contribution is 7.14. The molecule has 0 aliphatic carbocycles. The summed E-state index contributed by atoms with van der Waals surface area (Å²) in [6.07, 6.45) is 0.158. The van der Waals surface area contributed by atoms with Gasteiger partial charge in [-0.3, -0.25) is 9.59 Å². The molecule has 0 saturated carbocycles. The van der Waals surface area contributed by atoms with E-state index >= 15 is 0 Å². The molecule has 0 radical (unpaired) electrons. The topological polar surface area (TPSA) is 87.0 Å². The molecular formula is C17H16N4O3S. The number of ketones is 1. The number of tetrazole rings is 1. The fraction of sp³-hybridized carbons (Fsp3) is 0.235. The highest BCUT2D eigenvalue weighted by Gasteiger charge is 2.14. The Balaban J connectivity index is 1.52. The molecule has 0 unspecified atom stereocenters. The fourth-order valence-electron chi connectivity index (χ4n) is 2.21. The normalized spacial score (nSPS) is 10.6. The first-order chi connectivity index (χ1) is 12.1. The summed E-state index contributed by atoms with van der Waals surface area (Å²) >= 11 is 1.43. The summed E-state index contributed by atoms with van der Waals surface area (Å²) in [4.78, 5) is 25.6. The van der Waals surface area contributed by atoms with Gasteiger partial charge in [-0.05, 0) is 41.6 Å². The zero-order chi connectivity index (χ0) is 17.6. The van der Waals surface area contributed by atoms with Crippen molar-refractivity contribution in [1.29, 1.82) is 0 Å². The number of aryl methyl sites for hydroxylation is 1. The highest BCUT2D eigenvalue weighted by atomic mass is 32.1. The van der Waals surface area contributed by atoms with Gasteiger partial charge in [-0.2, -0.15) is 4.68 Å². The van der Waals surface area contributed by atoms with Gasteiger partial charge in [-0.25, -0.2) is 0 Å². The van der Waals surface area contributed by atoms with E-state index in [0.29, 0.717) is 10.7 Å². The molecule has 0 fully saturated rings. The van der Waals surface area contributed by atoms with Crippen LogP contribution in [0, 0.1) is 6.92 Å². The van der Waals surface area contributed by atoms with Crippen LogP contribution in [0.5, 0.6) is 0 Å². The molecule has 25 heavy (non-hydrogen) atoms. The SMILES string of the molecule is Cc1ccc(C(=O)CCC(=O)OCc2nnnn2-c2ccccc2)s1. The lowest BCUT2D eigenvalue weighted by Gasteiger charge is -2.05. The molecule has 0 atom stereocenters. The van der Waals surface area contributed by atoms with E-state index in [2.05, 4.69) is 15.5 Å². The minimum atomic E-state index is -0.454. The number of rotatable bonds is 7. The lowest BCUT2D eigenvalue weighted by molar-refractivity contribution is -0.145. The number of benzene rings is 1. The van der Waals surface area contributed by atoms with Gasteiger partial charge in [0.15, 0.2) is 18.2 Å². The van der Waals surface area contributed by atoms with Crippen LogP contribution < -0.4 is 0 Å². The van der Waals surface area contributed by atoms with Crippen LogP contribution in [0.15, 0.2) is 42.5 Å². The Morgan fingerprint density at radius 3 is 2.64 bits per heavy atom. The summed E-state index contributed by atoms with van der Waals surface area (Å²) in [6.45, 7) is 1.89. The van der Waals surface area contributed by atoms with Gasteiger partial charge in [0.1, 0.15) is 0 Å². The average Bonchev–Trinajstić information content (AvgIpc) is 3.27. The molecule has 7 nitrogen and oxygen atoms in total. The molecule has 3 aromatic rings. The molecule has 128 valence electrons. The van der Waals surface area contributed by atoms with E-state index in [1.165, 1.54) is 16.0 Å². The molecule has 0 saturated heterocycles. The molecule has 1 aromatic carbocycles. The lowest BCUT2D eigenvalue weighted by Crippen LogP contribution is -2.11. The molecule has 2 aromatic heterocycles. The number of aromatic nitrogens is 4. The number of Topliss-reactive ketones (excluding diaryl/α,β-unsaturated/α-hetero) is 1. The van der Waals surface area contributed by atoms with E-state index in [1.807, 2.05) is 43.3 Å². The first-order valence-corrected chi connectivity index (χ1v) is 8.53. The molecule has 0 aliphatic heterocycles. The van der Waals surface area contributed by atoms with E-state index in [4.69, 9.17) is 4.74 Å². The van der Waals surface area contributed by atoms with Crippen molar-refractivity contribution in [2.24, 2.45) is 0 Å². The fourth-order valence-corrected chi connectivity index (χ4v) is 3.04. The quantitative estimate of drug-likeness (QED) is 0.478. The van der Waals surface area contributed by atoms with Gasteiger partial charge in [0.2, 0.25) is 0 Å². The lowest BCUT2D eigenvalue weighted by atomic mass is 10.2. The summed E-state index contributed by atoms with van der Waals surface area (Å²) in [5.41, 5.74) is 0.779. The molecule has 0 amide bonds. The molecule has 0 spiro atoms. The third kappa shape index (κ3) is 4.36. The van der Waals surface area contributed by atoms with Crippen molar-refractivity contribution in [3.05, 3.63) is 58.0 Å². The smallest absolute Gasteiger partial charge is 0.306 e. The average molecular weight is 356 g/mol. The number of carbonyl (C=O) groups is 2. The Morgan fingerprint density at radius 2 is 1.92 bits per heavy atom. The number of hydrogen-bond donors (Lipinski definition) is 0. The van der Waals surface area contributed by atoms with Crippen molar-refractivity contribution < 1.29 is 14.3 Å². The Bertz CT molecular complexity index is 873. The van der Waals surface area contributed by atoms with E-state index in [-0.39, 0.29) is 25.2 Å². The first kappa shape index (κ1) is 17.0. The standard InChI is InChI=1S/C17H16N4O3S/c1-12-7-9-15(25-12)14(22)8-10-17(23)24-11-16-18-19-20-21(16)13-5-3-2-4-6-13/h2-7,9H,8,10-11H2,1H3. The maximum atomic E-state index is 12.0. The van der Waals surface area contributed by atoms with Gasteiger partial charge < -0.3 is 4.74 Å². The Morgan fingerprint density at radius 1 is 1.12 bits per heavy atom. The Hall–Kier alpha value is -2.87. The zero-order valence-electron chi connectivity index (χ0n) is 13.6. The largest absolute Gasteiger partial charge is 0.457 e. The summed E-state index contributed by atoms with van der Waals surface area (Å²) in [5.74, 6) is -0.0897. The molecule has 0 bridgehead atoms. The van der Waals surface area contributed by atoms with Crippen molar-refractivity contribution >= 4 is 23.1 Å². The number of ether oxygens (including phenoxy) is 1. The van der Waals surface area contributed by atoms with Crippen molar-refractivity contribution in [3.8, 4) is 5.69 Å². The molecular weight excluding hydrogens is 340 g/mol. The van der Waals surface area contributed by atoms with Crippen LogP contribution in [0.2, 0.25) is 0 Å². The van der Waals surface area contributed by atoms with Crippen LogP contribution in [-0.4, -0.2) is 32.0 Å². The third-order valence-corrected chi connectivity index (χ3v) is 4.51. The van der Waals surface area contributed by atoms with Gasteiger partial charge in [-0.1, -0.05) is 18.2 Å². The van der Waals surface area contributed by atoms with Crippen LogP contribution in [-0.2, 0) is 16.1 Å². The van der Waals surface area contributed by atoms with Crippen molar-refractivity contribution in [2.45, 2.75) is 26.4 Å². The van der Waals surface area contributed by atoms with Crippen LogP contribution >= 0.6 is 11.3 Å². The number of hydrogen-bond acceptors (Lipinski definition) is 7. The summed E-state index contributed by atoms with van der Waals surface area (Å²) in [7, 11) is 0. The second kappa shape index (κ2) is 7.80. The van der Waals surface area contributed by atoms with E-state index in [9.17, 15) is 9.59 Å². The monoisotopic (exact) mass is 356 g/mol. The van der Waals surface area contributed by atoms with Crippen LogP contribution in [0.3, 0.4) is 0 Å². The van der Waals surface area contributed by atoms with Crippen molar-refractivity contribution in [2.75, 3.05) is 0 Å². The number of carbonyl (C=O) groups excluding carboxylic acids is 2. The van der Waals surface area contributed by atoms with Crippen molar-refractivity contribution in [3.63, 3.8) is 0 Å². The highest BCUT2D eigenvalue weighted by Crippen LogP contribution is 2.17. The Kier molecular flexibility index (Phi) is 5.30. The van der Waals surface area contributed by atoms with Gasteiger partial charge in [0, 0.05) is 11.3 Å². The molecule has 0 aliphatic rings. The number of esters is 1. The maximum Gasteiger partial charge on any atom is 0.306 e. The van der Waals surface area contributed by atoms with Crippen molar-refractivity contribution in [1.82, 2.24) is 20.2 Å². The van der Waals surface area contributed by atoms with Gasteiger partial charge in [0.25, 0.3) is 0 Å². The van der Waals surface area contributed by atoms with E-state index in [0.717, 1.165) is 10.6 Å². The minimum Gasteiger partial charge on any atom is -0.457 e. The molecule has 3 rings (SSSR count). The predicted octanol–water partition coefficient (Wildman–Crippen LogP) is 2.74. The van der Waals surface area contributed by atoms with E-state index in [1.54, 1.807) is 6.07 Å². The number of nitrogens with zero attached hydrogens (tertiary/aromatic N) is 4. The van der Waals surface area contributed by atoms with Crippen LogP contribution in [0.1, 0.15) is 33.2 Å². The minimum absolute atomic E-state index is 0.0304. The number of para-hydroxylation sites is 1. The third-order valence-electron chi connectivity index (χ3n) is 3.47. The summed E-state index contributed by atoms with van der Waals surface area (Å²) < 4.78 is 6.70. The molecule has 0 N–H and O–H groups in total. The Labute approximate surface area is 148 Å². The molecule has 2 heterocycles.